The second-order valence-electron chi connectivity index (χ2n) is 7.05. The minimum absolute atomic E-state index is 0.143. The van der Waals surface area contributed by atoms with Crippen LogP contribution in [0.4, 0.5) is 0 Å². The van der Waals surface area contributed by atoms with Crippen molar-refractivity contribution in [2.24, 2.45) is 0 Å². The van der Waals surface area contributed by atoms with Crippen molar-refractivity contribution in [2.45, 2.75) is 50.4 Å². The van der Waals surface area contributed by atoms with Gasteiger partial charge in [0.1, 0.15) is 11.3 Å². The first-order chi connectivity index (χ1) is 13.1. The maximum absolute atomic E-state index is 12.7. The first-order valence-corrected chi connectivity index (χ1v) is 10.2. The van der Waals surface area contributed by atoms with Gasteiger partial charge in [0.05, 0.1) is 12.9 Å². The molecular formula is C19H23N5O2S. The number of carbonyl (C=O) groups excluding carboxylic acids is 1. The molecule has 1 aliphatic rings. The molecule has 2 atom stereocenters. The summed E-state index contributed by atoms with van der Waals surface area (Å²) in [5, 5.41) is 9.96. The van der Waals surface area contributed by atoms with E-state index in [1.54, 1.807) is 7.11 Å². The molecule has 7 nitrogen and oxygen atoms in total. The quantitative estimate of drug-likeness (QED) is 0.693. The number of H-pyrrole nitrogens is 1. The van der Waals surface area contributed by atoms with Crippen LogP contribution in [0.2, 0.25) is 0 Å². The Kier molecular flexibility index (Phi) is 4.90. The number of aromatic amines is 1. The Balaban J connectivity index is 1.52. The second kappa shape index (κ2) is 7.34. The average molecular weight is 385 g/mol. The molecule has 0 radical (unpaired) electrons. The first-order valence-electron chi connectivity index (χ1n) is 9.21. The number of amides is 1. The Bertz CT molecular complexity index is 979. The minimum Gasteiger partial charge on any atom is -0.497 e. The molecule has 1 saturated heterocycles. The highest BCUT2D eigenvalue weighted by Crippen LogP contribution is 2.28. The molecule has 3 aromatic rings. The van der Waals surface area contributed by atoms with E-state index in [0.717, 1.165) is 29.5 Å². The zero-order valence-electron chi connectivity index (χ0n) is 15.7. The summed E-state index contributed by atoms with van der Waals surface area (Å²) in [5.41, 5.74) is 2.31. The van der Waals surface area contributed by atoms with Gasteiger partial charge >= 0.3 is 0 Å². The molecule has 0 saturated carbocycles. The number of carbonyl (C=O) groups is 1. The molecule has 0 aliphatic carbocycles. The van der Waals surface area contributed by atoms with E-state index in [1.165, 1.54) is 18.2 Å². The Labute approximate surface area is 161 Å². The number of nitrogens with one attached hydrogen (secondary N) is 1. The molecule has 1 N–H and O–H groups in total. The molecule has 27 heavy (non-hydrogen) atoms. The number of likely N-dealkylation sites (tertiary alicyclic amines) is 1. The van der Waals surface area contributed by atoms with Crippen molar-refractivity contribution in [3.8, 4) is 5.75 Å². The number of methoxy groups -OCH3 is 1. The second-order valence-corrected chi connectivity index (χ2v) is 7.99. The summed E-state index contributed by atoms with van der Waals surface area (Å²) in [6, 6.07) is 6.34. The number of hydrogen-bond acceptors (Lipinski definition) is 6. The van der Waals surface area contributed by atoms with Crippen LogP contribution in [-0.2, 0) is 4.79 Å². The van der Waals surface area contributed by atoms with Gasteiger partial charge in [-0.3, -0.25) is 4.79 Å². The smallest absolute Gasteiger partial charge is 0.233 e. The topological polar surface area (TPSA) is 84.0 Å². The van der Waals surface area contributed by atoms with Crippen molar-refractivity contribution < 1.29 is 9.53 Å². The van der Waals surface area contributed by atoms with Gasteiger partial charge in [-0.05, 0) is 51.3 Å². The fraction of sp³-hybridized carbons (Fsp3) is 0.474. The van der Waals surface area contributed by atoms with Gasteiger partial charge < -0.3 is 14.6 Å². The van der Waals surface area contributed by atoms with Crippen molar-refractivity contribution >= 4 is 39.7 Å². The van der Waals surface area contributed by atoms with Gasteiger partial charge in [0, 0.05) is 23.0 Å². The molecule has 2 aromatic heterocycles. The lowest BCUT2D eigenvalue weighted by atomic mass is 9.98. The van der Waals surface area contributed by atoms with Crippen LogP contribution in [0.25, 0.3) is 22.1 Å². The first kappa shape index (κ1) is 18.0. The van der Waals surface area contributed by atoms with Gasteiger partial charge in [-0.2, -0.15) is 0 Å². The lowest BCUT2D eigenvalue weighted by Crippen LogP contribution is -2.48. The standard InChI is InChI=1S/C19H23N5O2S/c1-11-5-4-6-12(2)24(11)16(25)10-27-19-21-18-17(22-23-19)14-9-13(26-3)7-8-15(14)20-18/h7-9,11-12H,4-6,10H2,1-3H3,(H,20,21,23)/t11-,12+. The van der Waals surface area contributed by atoms with E-state index in [4.69, 9.17) is 4.74 Å². The number of thioether (sulfide) groups is 1. The molecule has 8 heteroatoms. The van der Waals surface area contributed by atoms with Crippen molar-refractivity contribution in [3.63, 3.8) is 0 Å². The fourth-order valence-corrected chi connectivity index (χ4v) is 4.49. The summed E-state index contributed by atoms with van der Waals surface area (Å²) in [4.78, 5) is 22.5. The SMILES string of the molecule is COc1ccc2[nH]c3nc(SCC(=O)N4[C@H](C)CCC[C@@H]4C)nnc3c2c1. The Hall–Kier alpha value is -2.35. The number of fused-ring (bicyclic) bond motifs is 3. The maximum atomic E-state index is 12.7. The van der Waals surface area contributed by atoms with Crippen LogP contribution in [0.1, 0.15) is 33.1 Å². The lowest BCUT2D eigenvalue weighted by molar-refractivity contribution is -0.134. The van der Waals surface area contributed by atoms with Gasteiger partial charge in [0.2, 0.25) is 11.1 Å². The molecule has 0 bridgehead atoms. The Morgan fingerprint density at radius 2 is 2.07 bits per heavy atom. The third kappa shape index (κ3) is 3.45. The third-order valence-electron chi connectivity index (χ3n) is 5.21. The number of rotatable bonds is 4. The molecule has 1 aromatic carbocycles. The predicted octanol–water partition coefficient (Wildman–Crippen LogP) is 3.40. The number of benzene rings is 1. The van der Waals surface area contributed by atoms with E-state index in [9.17, 15) is 4.79 Å². The number of aromatic nitrogens is 4. The van der Waals surface area contributed by atoms with Gasteiger partial charge in [-0.15, -0.1) is 10.2 Å². The molecule has 0 unspecified atom stereocenters. The van der Waals surface area contributed by atoms with Gasteiger partial charge in [0.15, 0.2) is 5.65 Å². The average Bonchev–Trinajstić information content (AvgIpc) is 3.03. The highest BCUT2D eigenvalue weighted by molar-refractivity contribution is 7.99. The zero-order chi connectivity index (χ0) is 19.0. The van der Waals surface area contributed by atoms with Gasteiger partial charge in [-0.25, -0.2) is 4.98 Å². The molecule has 0 spiro atoms. The summed E-state index contributed by atoms with van der Waals surface area (Å²) in [5.74, 6) is 1.24. The van der Waals surface area contributed by atoms with Crippen molar-refractivity contribution in [1.82, 2.24) is 25.1 Å². The number of hydrogen-bond donors (Lipinski definition) is 1. The molecule has 142 valence electrons. The molecule has 3 heterocycles. The van der Waals surface area contributed by atoms with Gasteiger partial charge in [-0.1, -0.05) is 11.8 Å². The number of ether oxygens (including phenoxy) is 1. The van der Waals surface area contributed by atoms with E-state index in [0.29, 0.717) is 34.2 Å². The normalized spacial score (nSPS) is 20.3. The van der Waals surface area contributed by atoms with Crippen LogP contribution in [0.15, 0.2) is 23.4 Å². The molecule has 4 rings (SSSR count). The van der Waals surface area contributed by atoms with Crippen molar-refractivity contribution in [1.29, 1.82) is 0 Å². The third-order valence-corrected chi connectivity index (χ3v) is 6.03. The van der Waals surface area contributed by atoms with Crippen LogP contribution >= 0.6 is 11.8 Å². The largest absolute Gasteiger partial charge is 0.497 e. The van der Waals surface area contributed by atoms with Crippen LogP contribution < -0.4 is 4.74 Å². The van der Waals surface area contributed by atoms with E-state index in [1.807, 2.05) is 23.1 Å². The molecule has 1 amide bonds. The van der Waals surface area contributed by atoms with E-state index >= 15 is 0 Å². The van der Waals surface area contributed by atoms with E-state index in [-0.39, 0.29) is 5.91 Å². The summed E-state index contributed by atoms with van der Waals surface area (Å²) in [6.07, 6.45) is 3.33. The Morgan fingerprint density at radius 1 is 1.30 bits per heavy atom. The summed E-state index contributed by atoms with van der Waals surface area (Å²) in [6.45, 7) is 4.25. The number of nitrogens with zero attached hydrogens (tertiary/aromatic N) is 4. The zero-order valence-corrected chi connectivity index (χ0v) is 16.5. The fourth-order valence-electron chi connectivity index (χ4n) is 3.84. The lowest BCUT2D eigenvalue weighted by Gasteiger charge is -2.39. The highest BCUT2D eigenvalue weighted by atomic mass is 32.2. The highest BCUT2D eigenvalue weighted by Gasteiger charge is 2.28. The van der Waals surface area contributed by atoms with Crippen molar-refractivity contribution in [2.75, 3.05) is 12.9 Å². The minimum atomic E-state index is 0.143. The molecular weight excluding hydrogens is 362 g/mol. The summed E-state index contributed by atoms with van der Waals surface area (Å²) in [7, 11) is 1.63. The summed E-state index contributed by atoms with van der Waals surface area (Å²) >= 11 is 1.34. The van der Waals surface area contributed by atoms with Crippen LogP contribution in [0.3, 0.4) is 0 Å². The van der Waals surface area contributed by atoms with Crippen molar-refractivity contribution in [3.05, 3.63) is 18.2 Å². The molecule has 1 fully saturated rings. The molecule has 1 aliphatic heterocycles. The Morgan fingerprint density at radius 3 is 2.81 bits per heavy atom. The van der Waals surface area contributed by atoms with Crippen LogP contribution in [0, 0.1) is 0 Å². The van der Waals surface area contributed by atoms with E-state index in [2.05, 4.69) is 34.0 Å². The number of piperidine rings is 1. The van der Waals surface area contributed by atoms with Gasteiger partial charge in [0.25, 0.3) is 0 Å². The summed E-state index contributed by atoms with van der Waals surface area (Å²) < 4.78 is 5.28. The van der Waals surface area contributed by atoms with E-state index < -0.39 is 0 Å². The van der Waals surface area contributed by atoms with Crippen LogP contribution in [0.5, 0.6) is 5.75 Å². The predicted molar refractivity (Wildman–Crippen MR) is 106 cm³/mol. The van der Waals surface area contributed by atoms with Crippen LogP contribution in [-0.4, -0.2) is 55.9 Å². The monoisotopic (exact) mass is 385 g/mol. The maximum Gasteiger partial charge on any atom is 0.233 e.